The van der Waals surface area contributed by atoms with Crippen LogP contribution in [0.1, 0.15) is 25.5 Å². The number of aliphatic hydroxyl groups excluding tert-OH is 1. The molecule has 2 aromatic rings. The van der Waals surface area contributed by atoms with Crippen molar-refractivity contribution in [3.63, 3.8) is 0 Å². The van der Waals surface area contributed by atoms with Crippen molar-refractivity contribution in [3.8, 4) is 5.75 Å². The number of hydrogen-bond acceptors (Lipinski definition) is 3. The zero-order chi connectivity index (χ0) is 14.0. The standard InChI is InChI=1S/C16H21NO2/c1-16(2,10-17)15(18)13-5-4-12-9-14(19-3)7-6-11(12)8-13/h4-9,15,18H,10,17H2,1-3H3. The Balaban J connectivity index is 2.42. The maximum atomic E-state index is 10.4. The van der Waals surface area contributed by atoms with Gasteiger partial charge >= 0.3 is 0 Å². The molecule has 19 heavy (non-hydrogen) atoms. The molecule has 102 valence electrons. The van der Waals surface area contributed by atoms with Gasteiger partial charge in [-0.15, -0.1) is 0 Å². The second-order valence-corrected chi connectivity index (χ2v) is 5.57. The Morgan fingerprint density at radius 1 is 1.16 bits per heavy atom. The van der Waals surface area contributed by atoms with Crippen LogP contribution in [0.2, 0.25) is 0 Å². The molecule has 0 saturated heterocycles. The van der Waals surface area contributed by atoms with Crippen LogP contribution < -0.4 is 10.5 Å². The first kappa shape index (κ1) is 13.8. The Morgan fingerprint density at radius 3 is 2.42 bits per heavy atom. The van der Waals surface area contributed by atoms with Gasteiger partial charge in [0.25, 0.3) is 0 Å². The van der Waals surface area contributed by atoms with Crippen LogP contribution in [0.3, 0.4) is 0 Å². The molecule has 0 aliphatic rings. The third-order valence-corrected chi connectivity index (χ3v) is 3.65. The molecule has 0 spiro atoms. The SMILES string of the molecule is COc1ccc2cc(C(O)C(C)(C)CN)ccc2c1. The molecule has 3 nitrogen and oxygen atoms in total. The van der Waals surface area contributed by atoms with Crippen LogP contribution >= 0.6 is 0 Å². The molecule has 1 unspecified atom stereocenters. The van der Waals surface area contributed by atoms with E-state index in [1.807, 2.05) is 50.2 Å². The third-order valence-electron chi connectivity index (χ3n) is 3.65. The molecule has 0 radical (unpaired) electrons. The van der Waals surface area contributed by atoms with E-state index in [2.05, 4.69) is 0 Å². The van der Waals surface area contributed by atoms with Crippen LogP contribution in [0.4, 0.5) is 0 Å². The fourth-order valence-corrected chi connectivity index (χ4v) is 2.10. The lowest BCUT2D eigenvalue weighted by atomic mass is 9.82. The predicted octanol–water partition coefficient (Wildman–Crippen LogP) is 2.87. The van der Waals surface area contributed by atoms with Gasteiger partial charge < -0.3 is 15.6 Å². The first-order valence-corrected chi connectivity index (χ1v) is 6.44. The highest BCUT2D eigenvalue weighted by Crippen LogP contribution is 2.34. The largest absolute Gasteiger partial charge is 0.497 e. The van der Waals surface area contributed by atoms with Gasteiger partial charge in [0, 0.05) is 12.0 Å². The van der Waals surface area contributed by atoms with E-state index >= 15 is 0 Å². The summed E-state index contributed by atoms with van der Waals surface area (Å²) in [6.45, 7) is 4.38. The van der Waals surface area contributed by atoms with Gasteiger partial charge in [-0.3, -0.25) is 0 Å². The zero-order valence-corrected chi connectivity index (χ0v) is 11.7. The second-order valence-electron chi connectivity index (χ2n) is 5.57. The molecule has 2 rings (SSSR count). The van der Waals surface area contributed by atoms with Gasteiger partial charge in [-0.25, -0.2) is 0 Å². The average molecular weight is 259 g/mol. The third kappa shape index (κ3) is 2.72. The summed E-state index contributed by atoms with van der Waals surface area (Å²) in [6, 6.07) is 11.9. The summed E-state index contributed by atoms with van der Waals surface area (Å²) in [6.07, 6.45) is -0.566. The van der Waals surface area contributed by atoms with E-state index in [9.17, 15) is 5.11 Å². The quantitative estimate of drug-likeness (QED) is 0.887. The summed E-state index contributed by atoms with van der Waals surface area (Å²) in [5.74, 6) is 0.836. The molecule has 0 amide bonds. The van der Waals surface area contributed by atoms with Gasteiger partial charge in [-0.2, -0.15) is 0 Å². The van der Waals surface area contributed by atoms with Gasteiger partial charge in [0.15, 0.2) is 0 Å². The Labute approximate surface area is 114 Å². The van der Waals surface area contributed by atoms with E-state index in [-0.39, 0.29) is 5.41 Å². The smallest absolute Gasteiger partial charge is 0.119 e. The van der Waals surface area contributed by atoms with Crippen molar-refractivity contribution < 1.29 is 9.84 Å². The van der Waals surface area contributed by atoms with Crippen LogP contribution in [-0.4, -0.2) is 18.8 Å². The maximum absolute atomic E-state index is 10.4. The Kier molecular flexibility index (Phi) is 3.78. The number of fused-ring (bicyclic) bond motifs is 1. The fourth-order valence-electron chi connectivity index (χ4n) is 2.10. The molecule has 0 bridgehead atoms. The first-order valence-electron chi connectivity index (χ1n) is 6.44. The van der Waals surface area contributed by atoms with E-state index in [1.54, 1.807) is 7.11 Å². The van der Waals surface area contributed by atoms with Crippen LogP contribution in [0, 0.1) is 5.41 Å². The number of benzene rings is 2. The van der Waals surface area contributed by atoms with Crippen molar-refractivity contribution in [2.45, 2.75) is 20.0 Å². The highest BCUT2D eigenvalue weighted by Gasteiger charge is 2.27. The van der Waals surface area contributed by atoms with Crippen molar-refractivity contribution in [1.82, 2.24) is 0 Å². The summed E-state index contributed by atoms with van der Waals surface area (Å²) in [5.41, 5.74) is 6.28. The predicted molar refractivity (Wildman–Crippen MR) is 78.3 cm³/mol. The monoisotopic (exact) mass is 259 g/mol. The number of aliphatic hydroxyl groups is 1. The van der Waals surface area contributed by atoms with Crippen LogP contribution in [0.5, 0.6) is 5.75 Å². The minimum Gasteiger partial charge on any atom is -0.497 e. The molecule has 3 N–H and O–H groups in total. The van der Waals surface area contributed by atoms with Gasteiger partial charge in [0.2, 0.25) is 0 Å². The normalized spacial score (nSPS) is 13.5. The lowest BCUT2D eigenvalue weighted by Gasteiger charge is -2.29. The van der Waals surface area contributed by atoms with Crippen molar-refractivity contribution in [1.29, 1.82) is 0 Å². The maximum Gasteiger partial charge on any atom is 0.119 e. The Morgan fingerprint density at radius 2 is 1.79 bits per heavy atom. The molecule has 0 fully saturated rings. The summed E-state index contributed by atoms with van der Waals surface area (Å²) in [4.78, 5) is 0. The Bertz CT molecular complexity index is 578. The number of nitrogens with two attached hydrogens (primary N) is 1. The summed E-state index contributed by atoms with van der Waals surface area (Å²) < 4.78 is 5.21. The van der Waals surface area contributed by atoms with Gasteiger partial charge in [-0.05, 0) is 34.5 Å². The molecule has 0 heterocycles. The molecule has 1 atom stereocenters. The lowest BCUT2D eigenvalue weighted by molar-refractivity contribution is 0.0556. The number of ether oxygens (including phenoxy) is 1. The Hall–Kier alpha value is -1.58. The summed E-state index contributed by atoms with van der Waals surface area (Å²) >= 11 is 0. The molecule has 0 aliphatic heterocycles. The highest BCUT2D eigenvalue weighted by atomic mass is 16.5. The number of hydrogen-bond donors (Lipinski definition) is 2. The minimum atomic E-state index is -0.566. The molecular weight excluding hydrogens is 238 g/mol. The molecule has 3 heteroatoms. The fraction of sp³-hybridized carbons (Fsp3) is 0.375. The summed E-state index contributed by atoms with van der Waals surface area (Å²) in [5, 5.41) is 12.6. The van der Waals surface area contributed by atoms with Crippen molar-refractivity contribution in [3.05, 3.63) is 42.0 Å². The van der Waals surface area contributed by atoms with E-state index in [0.717, 1.165) is 22.1 Å². The van der Waals surface area contributed by atoms with Crippen LogP contribution in [-0.2, 0) is 0 Å². The minimum absolute atomic E-state index is 0.333. The van der Waals surface area contributed by atoms with Crippen LogP contribution in [0.25, 0.3) is 10.8 Å². The van der Waals surface area contributed by atoms with Crippen molar-refractivity contribution in [2.75, 3.05) is 13.7 Å². The van der Waals surface area contributed by atoms with Crippen molar-refractivity contribution in [2.24, 2.45) is 11.1 Å². The molecular formula is C16H21NO2. The lowest BCUT2D eigenvalue weighted by Crippen LogP contribution is -2.30. The van der Waals surface area contributed by atoms with Gasteiger partial charge in [0.1, 0.15) is 5.75 Å². The topological polar surface area (TPSA) is 55.5 Å². The van der Waals surface area contributed by atoms with E-state index in [4.69, 9.17) is 10.5 Å². The number of methoxy groups -OCH3 is 1. The van der Waals surface area contributed by atoms with E-state index in [0.29, 0.717) is 6.54 Å². The second kappa shape index (κ2) is 5.19. The molecule has 2 aromatic carbocycles. The van der Waals surface area contributed by atoms with E-state index in [1.165, 1.54) is 0 Å². The average Bonchev–Trinajstić information content (AvgIpc) is 2.45. The van der Waals surface area contributed by atoms with Crippen molar-refractivity contribution >= 4 is 10.8 Å². The van der Waals surface area contributed by atoms with E-state index < -0.39 is 6.10 Å². The van der Waals surface area contributed by atoms with Crippen LogP contribution in [0.15, 0.2) is 36.4 Å². The van der Waals surface area contributed by atoms with Gasteiger partial charge in [-0.1, -0.05) is 32.0 Å². The highest BCUT2D eigenvalue weighted by molar-refractivity contribution is 5.84. The first-order chi connectivity index (χ1) is 8.97. The number of rotatable bonds is 4. The molecule has 0 saturated carbocycles. The van der Waals surface area contributed by atoms with Gasteiger partial charge in [0.05, 0.1) is 13.2 Å². The molecule has 0 aromatic heterocycles. The summed E-state index contributed by atoms with van der Waals surface area (Å²) in [7, 11) is 1.66. The molecule has 0 aliphatic carbocycles. The zero-order valence-electron chi connectivity index (χ0n) is 11.7.